The van der Waals surface area contributed by atoms with Gasteiger partial charge in [-0.05, 0) is 37.6 Å². The van der Waals surface area contributed by atoms with E-state index in [1.165, 1.54) is 6.07 Å². The maximum Gasteiger partial charge on any atom is 0.238 e. The molecule has 1 heterocycles. The Morgan fingerprint density at radius 1 is 1.35 bits per heavy atom. The number of nitrogens with zero attached hydrogens (tertiary/aromatic N) is 2. The summed E-state index contributed by atoms with van der Waals surface area (Å²) in [6.45, 7) is 3.89. The van der Waals surface area contributed by atoms with E-state index in [0.717, 1.165) is 16.9 Å². The molecule has 0 bridgehead atoms. The third kappa shape index (κ3) is 3.00. The lowest BCUT2D eigenvalue weighted by Gasteiger charge is -2.18. The summed E-state index contributed by atoms with van der Waals surface area (Å²) in [4.78, 5) is 0.0998. The van der Waals surface area contributed by atoms with Crippen molar-refractivity contribution in [2.45, 2.75) is 24.8 Å². The van der Waals surface area contributed by atoms with Gasteiger partial charge in [-0.15, -0.1) is 0 Å². The molecule has 1 atom stereocenters. The summed E-state index contributed by atoms with van der Waals surface area (Å²) >= 11 is 0. The Labute approximate surface area is 118 Å². The minimum atomic E-state index is -3.70. The molecule has 0 aliphatic rings. The lowest BCUT2D eigenvalue weighted by Crippen LogP contribution is -2.15. The molecule has 0 spiro atoms. The Balaban J connectivity index is 2.32. The molecule has 0 saturated heterocycles. The maximum absolute atomic E-state index is 11.4. The molecular weight excluding hydrogens is 276 g/mol. The normalized spacial score (nSPS) is 13.2. The second kappa shape index (κ2) is 5.26. The van der Waals surface area contributed by atoms with Gasteiger partial charge in [0.05, 0.1) is 16.6 Å². The molecule has 108 valence electrons. The molecule has 7 heteroatoms. The first-order valence-corrected chi connectivity index (χ1v) is 7.71. The van der Waals surface area contributed by atoms with E-state index >= 15 is 0 Å². The van der Waals surface area contributed by atoms with Crippen molar-refractivity contribution in [1.29, 1.82) is 0 Å². The van der Waals surface area contributed by atoms with Gasteiger partial charge < -0.3 is 5.32 Å². The molecule has 2 rings (SSSR count). The zero-order chi connectivity index (χ0) is 14.9. The van der Waals surface area contributed by atoms with Gasteiger partial charge in [0.25, 0.3) is 0 Å². The molecule has 6 nitrogen and oxygen atoms in total. The highest BCUT2D eigenvalue weighted by molar-refractivity contribution is 7.89. The number of rotatable bonds is 4. The number of hydrogen-bond donors (Lipinski definition) is 2. The number of aromatic nitrogens is 2. The van der Waals surface area contributed by atoms with Crippen LogP contribution in [0.1, 0.15) is 24.2 Å². The summed E-state index contributed by atoms with van der Waals surface area (Å²) < 4.78 is 24.6. The van der Waals surface area contributed by atoms with Crippen molar-refractivity contribution in [2.75, 3.05) is 5.32 Å². The highest BCUT2D eigenvalue weighted by Crippen LogP contribution is 2.24. The van der Waals surface area contributed by atoms with Crippen LogP contribution in [0.4, 0.5) is 5.69 Å². The van der Waals surface area contributed by atoms with Gasteiger partial charge >= 0.3 is 0 Å². The maximum atomic E-state index is 11.4. The summed E-state index contributed by atoms with van der Waals surface area (Å²) in [5.74, 6) is 0. The fourth-order valence-electron chi connectivity index (χ4n) is 2.05. The van der Waals surface area contributed by atoms with E-state index < -0.39 is 10.0 Å². The minimum absolute atomic E-state index is 0.00284. The van der Waals surface area contributed by atoms with Crippen LogP contribution in [-0.2, 0) is 17.1 Å². The van der Waals surface area contributed by atoms with Gasteiger partial charge in [0.2, 0.25) is 10.0 Å². The van der Waals surface area contributed by atoms with Crippen molar-refractivity contribution in [1.82, 2.24) is 9.78 Å². The fourth-order valence-corrected chi connectivity index (χ4v) is 2.59. The number of sulfonamides is 1. The first-order chi connectivity index (χ1) is 9.29. The van der Waals surface area contributed by atoms with Gasteiger partial charge in [0.15, 0.2) is 0 Å². The van der Waals surface area contributed by atoms with Gasteiger partial charge in [-0.1, -0.05) is 6.07 Å². The monoisotopic (exact) mass is 294 g/mol. The zero-order valence-electron chi connectivity index (χ0n) is 11.7. The van der Waals surface area contributed by atoms with Crippen molar-refractivity contribution < 1.29 is 8.42 Å². The summed E-state index contributed by atoms with van der Waals surface area (Å²) in [7, 11) is -1.84. The van der Waals surface area contributed by atoms with Crippen molar-refractivity contribution in [2.24, 2.45) is 12.2 Å². The number of aryl methyl sites for hydroxylation is 2. The first-order valence-electron chi connectivity index (χ1n) is 6.17. The van der Waals surface area contributed by atoms with Crippen molar-refractivity contribution in [3.05, 3.63) is 41.7 Å². The molecule has 1 aromatic carbocycles. The van der Waals surface area contributed by atoms with Crippen LogP contribution in [0.25, 0.3) is 0 Å². The topological polar surface area (TPSA) is 90.0 Å². The molecule has 0 radical (unpaired) electrons. The fraction of sp³-hybridized carbons (Fsp3) is 0.308. The van der Waals surface area contributed by atoms with Gasteiger partial charge in [0.1, 0.15) is 0 Å². The predicted molar refractivity (Wildman–Crippen MR) is 77.8 cm³/mol. The van der Waals surface area contributed by atoms with Crippen LogP contribution < -0.4 is 10.5 Å². The Hall–Kier alpha value is -1.86. The number of hydrogen-bond acceptors (Lipinski definition) is 4. The van der Waals surface area contributed by atoms with Crippen LogP contribution >= 0.6 is 0 Å². The van der Waals surface area contributed by atoms with Gasteiger partial charge in [-0.2, -0.15) is 5.10 Å². The largest absolute Gasteiger partial charge is 0.377 e. The molecule has 0 saturated carbocycles. The number of anilines is 1. The number of nitrogens with one attached hydrogen (secondary N) is 1. The molecule has 3 N–H and O–H groups in total. The van der Waals surface area contributed by atoms with Crippen LogP contribution in [0, 0.1) is 6.92 Å². The molecule has 0 aliphatic carbocycles. The van der Waals surface area contributed by atoms with Crippen LogP contribution in [0.15, 0.2) is 35.4 Å². The van der Waals surface area contributed by atoms with E-state index in [2.05, 4.69) is 10.4 Å². The van der Waals surface area contributed by atoms with Crippen LogP contribution in [0.3, 0.4) is 0 Å². The van der Waals surface area contributed by atoms with E-state index in [9.17, 15) is 8.42 Å². The minimum Gasteiger partial charge on any atom is -0.377 e. The second-order valence-electron chi connectivity index (χ2n) is 4.77. The molecule has 0 fully saturated rings. The van der Waals surface area contributed by atoms with E-state index in [0.29, 0.717) is 0 Å². The zero-order valence-corrected chi connectivity index (χ0v) is 12.5. The van der Waals surface area contributed by atoms with Crippen LogP contribution in [0.2, 0.25) is 0 Å². The predicted octanol–water partition coefficient (Wildman–Crippen LogP) is 1.55. The van der Waals surface area contributed by atoms with Gasteiger partial charge in [-0.25, -0.2) is 13.6 Å². The second-order valence-corrected chi connectivity index (χ2v) is 6.33. The first kappa shape index (κ1) is 14.5. The smallest absolute Gasteiger partial charge is 0.238 e. The van der Waals surface area contributed by atoms with E-state index in [4.69, 9.17) is 5.14 Å². The SMILES string of the molecule is Cc1ccc(S(N)(=O)=O)cc1NC(C)c1ccnn1C. The Morgan fingerprint density at radius 2 is 2.05 bits per heavy atom. The number of nitrogens with two attached hydrogens (primary N) is 1. The Morgan fingerprint density at radius 3 is 2.60 bits per heavy atom. The summed E-state index contributed by atoms with van der Waals surface area (Å²) in [5.41, 5.74) is 2.70. The molecule has 0 aliphatic heterocycles. The summed E-state index contributed by atoms with van der Waals surface area (Å²) in [5, 5.41) is 12.6. The number of benzene rings is 1. The average Bonchev–Trinajstić information content (AvgIpc) is 2.77. The van der Waals surface area contributed by atoms with Crippen LogP contribution in [-0.4, -0.2) is 18.2 Å². The van der Waals surface area contributed by atoms with Crippen molar-refractivity contribution >= 4 is 15.7 Å². The molecule has 20 heavy (non-hydrogen) atoms. The average molecular weight is 294 g/mol. The third-order valence-corrected chi connectivity index (χ3v) is 4.12. The van der Waals surface area contributed by atoms with E-state index in [-0.39, 0.29) is 10.9 Å². The molecular formula is C13H18N4O2S. The van der Waals surface area contributed by atoms with Gasteiger partial charge in [0, 0.05) is 18.9 Å². The quantitative estimate of drug-likeness (QED) is 0.895. The molecule has 1 aromatic heterocycles. The molecule has 0 amide bonds. The van der Waals surface area contributed by atoms with Crippen LogP contribution in [0.5, 0.6) is 0 Å². The van der Waals surface area contributed by atoms with Crippen molar-refractivity contribution in [3.8, 4) is 0 Å². The van der Waals surface area contributed by atoms with Gasteiger partial charge in [-0.3, -0.25) is 4.68 Å². The van der Waals surface area contributed by atoms with E-state index in [1.54, 1.807) is 23.0 Å². The van der Waals surface area contributed by atoms with E-state index in [1.807, 2.05) is 27.0 Å². The molecule has 1 unspecified atom stereocenters. The molecule has 2 aromatic rings. The number of primary sulfonamides is 1. The Bertz CT molecular complexity index is 722. The Kier molecular flexibility index (Phi) is 3.82. The highest BCUT2D eigenvalue weighted by atomic mass is 32.2. The summed E-state index contributed by atoms with van der Waals surface area (Å²) in [6.07, 6.45) is 1.72. The van der Waals surface area contributed by atoms with Crippen molar-refractivity contribution in [3.63, 3.8) is 0 Å². The lowest BCUT2D eigenvalue weighted by molar-refractivity contribution is 0.597. The third-order valence-electron chi connectivity index (χ3n) is 3.21. The lowest BCUT2D eigenvalue weighted by atomic mass is 10.1. The highest BCUT2D eigenvalue weighted by Gasteiger charge is 2.13. The summed E-state index contributed by atoms with van der Waals surface area (Å²) in [6, 6.07) is 6.70. The standard InChI is InChI=1S/C13H18N4O2S/c1-9-4-5-11(20(14,18)19)8-12(9)16-10(2)13-6-7-15-17(13)3/h4-8,10,16H,1-3H3,(H2,14,18,19).